The molecule has 3 aromatic rings. The van der Waals surface area contributed by atoms with Crippen LogP contribution in [-0.2, 0) is 6.54 Å². The van der Waals surface area contributed by atoms with E-state index in [1.54, 1.807) is 29.2 Å². The number of carbonyl (C=O) groups excluding carboxylic acids is 2. The van der Waals surface area contributed by atoms with Crippen LogP contribution in [-0.4, -0.2) is 51.0 Å². The minimum Gasteiger partial charge on any atom is -0.393 e. The Balaban J connectivity index is 1.41. The summed E-state index contributed by atoms with van der Waals surface area (Å²) in [4.78, 5) is 34.4. The number of nitrogens with one attached hydrogen (secondary N) is 2. The Morgan fingerprint density at radius 1 is 1.17 bits per heavy atom. The summed E-state index contributed by atoms with van der Waals surface area (Å²) in [5.41, 5.74) is 2.26. The minimum atomic E-state index is -0.362. The first-order valence-corrected chi connectivity index (χ1v) is 10.4. The van der Waals surface area contributed by atoms with E-state index in [2.05, 4.69) is 15.3 Å². The van der Waals surface area contributed by atoms with E-state index in [-0.39, 0.29) is 29.5 Å². The first-order valence-electron chi connectivity index (χ1n) is 9.60. The van der Waals surface area contributed by atoms with E-state index in [1.807, 2.05) is 6.07 Å². The van der Waals surface area contributed by atoms with Crippen molar-refractivity contribution in [3.05, 3.63) is 63.4 Å². The third-order valence-electron chi connectivity index (χ3n) is 5.12. The summed E-state index contributed by atoms with van der Waals surface area (Å²) in [7, 11) is 0. The molecule has 0 spiro atoms. The highest BCUT2D eigenvalue weighted by molar-refractivity contribution is 6.34. The van der Waals surface area contributed by atoms with Gasteiger partial charge in [-0.25, -0.2) is 4.98 Å². The second-order valence-electron chi connectivity index (χ2n) is 7.25. The van der Waals surface area contributed by atoms with Crippen LogP contribution >= 0.6 is 23.2 Å². The van der Waals surface area contributed by atoms with Crippen LogP contribution in [0.5, 0.6) is 0 Å². The van der Waals surface area contributed by atoms with Crippen molar-refractivity contribution in [2.45, 2.75) is 25.5 Å². The van der Waals surface area contributed by atoms with Gasteiger partial charge in [-0.2, -0.15) is 0 Å². The number of fused-ring (bicyclic) bond motifs is 1. The summed E-state index contributed by atoms with van der Waals surface area (Å²) >= 11 is 12.3. The van der Waals surface area contributed by atoms with Gasteiger partial charge in [-0.3, -0.25) is 9.59 Å². The zero-order chi connectivity index (χ0) is 21.3. The SMILES string of the molecule is O=C(NCc1nc2cc(Cl)ccc2[nH]1)c1ccc(C(=O)N2CCC(O)CC2)c(Cl)c1. The number of amides is 2. The monoisotopic (exact) mass is 446 g/mol. The summed E-state index contributed by atoms with van der Waals surface area (Å²) in [5.74, 6) is 0.0843. The summed E-state index contributed by atoms with van der Waals surface area (Å²) < 4.78 is 0. The van der Waals surface area contributed by atoms with E-state index in [0.717, 1.165) is 11.0 Å². The number of likely N-dealkylation sites (tertiary alicyclic amines) is 1. The minimum absolute atomic E-state index is 0.195. The van der Waals surface area contributed by atoms with Crippen LogP contribution in [0.2, 0.25) is 10.0 Å². The number of benzene rings is 2. The van der Waals surface area contributed by atoms with E-state index in [1.165, 1.54) is 6.07 Å². The normalized spacial score (nSPS) is 14.8. The third kappa shape index (κ3) is 4.43. The maximum Gasteiger partial charge on any atom is 0.255 e. The largest absolute Gasteiger partial charge is 0.393 e. The fourth-order valence-corrected chi connectivity index (χ4v) is 3.88. The summed E-state index contributed by atoms with van der Waals surface area (Å²) in [6.07, 6.45) is 0.745. The predicted molar refractivity (Wildman–Crippen MR) is 115 cm³/mol. The molecule has 1 aliphatic rings. The maximum atomic E-state index is 12.7. The molecule has 4 rings (SSSR count). The van der Waals surface area contributed by atoms with Crippen LogP contribution in [0.3, 0.4) is 0 Å². The second kappa shape index (κ2) is 8.63. The van der Waals surface area contributed by atoms with Crippen LogP contribution in [0.1, 0.15) is 39.4 Å². The quantitative estimate of drug-likeness (QED) is 0.571. The number of H-pyrrole nitrogens is 1. The van der Waals surface area contributed by atoms with Gasteiger partial charge < -0.3 is 20.3 Å². The van der Waals surface area contributed by atoms with E-state index in [9.17, 15) is 14.7 Å². The standard InChI is InChI=1S/C21H20Cl2N4O3/c22-13-2-4-17-18(10-13)26-19(25-17)11-24-20(29)12-1-3-15(16(23)9-12)21(30)27-7-5-14(28)6-8-27/h1-4,9-10,14,28H,5-8,11H2,(H,24,29)(H,25,26). The van der Waals surface area contributed by atoms with Crippen molar-refractivity contribution >= 4 is 46.0 Å². The zero-order valence-corrected chi connectivity index (χ0v) is 17.5. The molecule has 1 aliphatic heterocycles. The highest BCUT2D eigenvalue weighted by Gasteiger charge is 2.24. The number of halogens is 2. The Bertz CT molecular complexity index is 1110. The Labute approximate surface area is 183 Å². The van der Waals surface area contributed by atoms with Crippen LogP contribution < -0.4 is 5.32 Å². The fourth-order valence-electron chi connectivity index (χ4n) is 3.45. The van der Waals surface area contributed by atoms with Crippen molar-refractivity contribution < 1.29 is 14.7 Å². The number of rotatable bonds is 4. The predicted octanol–water partition coefficient (Wildman–Crippen LogP) is 3.40. The molecule has 0 atom stereocenters. The van der Waals surface area contributed by atoms with Crippen molar-refractivity contribution in [2.24, 2.45) is 0 Å². The molecule has 0 saturated carbocycles. The van der Waals surface area contributed by atoms with Gasteiger partial charge in [0.15, 0.2) is 0 Å². The molecular formula is C21H20Cl2N4O3. The molecule has 0 radical (unpaired) electrons. The first kappa shape index (κ1) is 20.7. The molecule has 2 amide bonds. The lowest BCUT2D eigenvalue weighted by Gasteiger charge is -2.29. The van der Waals surface area contributed by atoms with Gasteiger partial charge in [0.25, 0.3) is 11.8 Å². The van der Waals surface area contributed by atoms with Crippen molar-refractivity contribution in [1.82, 2.24) is 20.2 Å². The Kier molecular flexibility index (Phi) is 5.94. The van der Waals surface area contributed by atoms with Gasteiger partial charge in [-0.15, -0.1) is 0 Å². The molecule has 2 aromatic carbocycles. The number of imidazole rings is 1. The van der Waals surface area contributed by atoms with Crippen molar-refractivity contribution in [3.8, 4) is 0 Å². The van der Waals surface area contributed by atoms with Gasteiger partial charge in [0.2, 0.25) is 0 Å². The molecule has 7 nitrogen and oxygen atoms in total. The number of hydrogen-bond donors (Lipinski definition) is 3. The lowest BCUT2D eigenvalue weighted by atomic mass is 10.1. The molecule has 0 bridgehead atoms. The number of aliphatic hydroxyl groups excluding tert-OH is 1. The van der Waals surface area contributed by atoms with Gasteiger partial charge in [0.05, 0.1) is 34.3 Å². The summed E-state index contributed by atoms with van der Waals surface area (Å²) in [6.45, 7) is 1.18. The van der Waals surface area contributed by atoms with Crippen molar-refractivity contribution in [1.29, 1.82) is 0 Å². The average Bonchev–Trinajstić information content (AvgIpc) is 3.14. The van der Waals surface area contributed by atoms with Crippen LogP contribution in [0, 0.1) is 0 Å². The molecule has 3 N–H and O–H groups in total. The average molecular weight is 447 g/mol. The molecular weight excluding hydrogens is 427 g/mol. The highest BCUT2D eigenvalue weighted by Crippen LogP contribution is 2.22. The van der Waals surface area contributed by atoms with Gasteiger partial charge in [-0.05, 0) is 49.2 Å². The van der Waals surface area contributed by atoms with Crippen molar-refractivity contribution in [3.63, 3.8) is 0 Å². The number of aromatic nitrogens is 2. The van der Waals surface area contributed by atoms with E-state index < -0.39 is 0 Å². The van der Waals surface area contributed by atoms with Gasteiger partial charge in [0, 0.05) is 23.7 Å². The number of piperidine rings is 1. The maximum absolute atomic E-state index is 12.7. The van der Waals surface area contributed by atoms with E-state index in [4.69, 9.17) is 23.2 Å². The van der Waals surface area contributed by atoms with Crippen LogP contribution in [0.25, 0.3) is 11.0 Å². The Hall–Kier alpha value is -2.61. The number of carbonyl (C=O) groups is 2. The van der Waals surface area contributed by atoms with Crippen LogP contribution in [0.15, 0.2) is 36.4 Å². The zero-order valence-electron chi connectivity index (χ0n) is 16.0. The number of aliphatic hydroxyl groups is 1. The molecule has 30 heavy (non-hydrogen) atoms. The van der Waals surface area contributed by atoms with Crippen molar-refractivity contribution in [2.75, 3.05) is 13.1 Å². The number of nitrogens with zero attached hydrogens (tertiary/aromatic N) is 2. The molecule has 156 valence electrons. The number of aromatic amines is 1. The number of hydrogen-bond acceptors (Lipinski definition) is 4. The first-order chi connectivity index (χ1) is 14.4. The topological polar surface area (TPSA) is 98.3 Å². The van der Waals surface area contributed by atoms with Gasteiger partial charge >= 0.3 is 0 Å². The second-order valence-corrected chi connectivity index (χ2v) is 8.09. The molecule has 2 heterocycles. The molecule has 0 unspecified atom stereocenters. The fraction of sp³-hybridized carbons (Fsp3) is 0.286. The van der Waals surface area contributed by atoms with Gasteiger partial charge in [-0.1, -0.05) is 23.2 Å². The van der Waals surface area contributed by atoms with Crippen LogP contribution in [0.4, 0.5) is 0 Å². The summed E-state index contributed by atoms with van der Waals surface area (Å²) in [5, 5.41) is 13.2. The highest BCUT2D eigenvalue weighted by atomic mass is 35.5. The lowest BCUT2D eigenvalue weighted by molar-refractivity contribution is 0.0546. The molecule has 0 aliphatic carbocycles. The Morgan fingerprint density at radius 3 is 2.67 bits per heavy atom. The van der Waals surface area contributed by atoms with E-state index >= 15 is 0 Å². The molecule has 1 saturated heterocycles. The summed E-state index contributed by atoms with van der Waals surface area (Å²) in [6, 6.07) is 9.97. The lowest BCUT2D eigenvalue weighted by Crippen LogP contribution is -2.40. The smallest absolute Gasteiger partial charge is 0.255 e. The third-order valence-corrected chi connectivity index (χ3v) is 5.67. The molecule has 9 heteroatoms. The molecule has 1 aromatic heterocycles. The molecule has 1 fully saturated rings. The van der Waals surface area contributed by atoms with Gasteiger partial charge in [0.1, 0.15) is 5.82 Å². The Morgan fingerprint density at radius 2 is 1.93 bits per heavy atom. The van der Waals surface area contributed by atoms with E-state index in [0.29, 0.717) is 47.9 Å².